The van der Waals surface area contributed by atoms with Crippen molar-refractivity contribution in [3.8, 4) is 5.75 Å². The fraction of sp³-hybridized carbons (Fsp3) is 0.391. The maximum atomic E-state index is 12.4. The zero-order valence-electron chi connectivity index (χ0n) is 17.1. The van der Waals surface area contributed by atoms with Gasteiger partial charge in [0.2, 0.25) is 5.91 Å². The number of amides is 2. The predicted octanol–water partition coefficient (Wildman–Crippen LogP) is 4.01. The van der Waals surface area contributed by atoms with Gasteiger partial charge in [0.25, 0.3) is 5.91 Å². The largest absolute Gasteiger partial charge is 0.493 e. The molecule has 1 heterocycles. The Kier molecular flexibility index (Phi) is 7.11. The number of benzene rings is 2. The van der Waals surface area contributed by atoms with Crippen LogP contribution in [-0.4, -0.2) is 43.0 Å². The molecule has 2 amide bonds. The molecule has 29 heavy (non-hydrogen) atoms. The number of hydrogen-bond acceptors (Lipinski definition) is 4. The first-order chi connectivity index (χ1) is 14.0. The van der Waals surface area contributed by atoms with Gasteiger partial charge in [-0.05, 0) is 67.3 Å². The summed E-state index contributed by atoms with van der Waals surface area (Å²) in [5.74, 6) is 1.19. The van der Waals surface area contributed by atoms with Gasteiger partial charge < -0.3 is 20.3 Å². The normalized spacial score (nSPS) is 13.4. The van der Waals surface area contributed by atoms with E-state index in [0.717, 1.165) is 43.1 Å². The smallest absolute Gasteiger partial charge is 0.253 e. The van der Waals surface area contributed by atoms with Gasteiger partial charge in [0.05, 0.1) is 13.2 Å². The lowest BCUT2D eigenvalue weighted by molar-refractivity contribution is -0.114. The summed E-state index contributed by atoms with van der Waals surface area (Å²) in [6.07, 6.45) is 2.16. The molecule has 2 aromatic carbocycles. The number of carbonyl (C=O) groups is 2. The van der Waals surface area contributed by atoms with E-state index in [4.69, 9.17) is 4.74 Å². The van der Waals surface area contributed by atoms with Gasteiger partial charge in [-0.25, -0.2) is 0 Å². The van der Waals surface area contributed by atoms with Crippen molar-refractivity contribution in [2.24, 2.45) is 5.92 Å². The number of likely N-dealkylation sites (tertiary alicyclic amines) is 1. The fourth-order valence-electron chi connectivity index (χ4n) is 3.12. The van der Waals surface area contributed by atoms with Crippen LogP contribution in [0.3, 0.4) is 0 Å². The second-order valence-corrected chi connectivity index (χ2v) is 7.71. The van der Waals surface area contributed by atoms with Crippen LogP contribution < -0.4 is 15.4 Å². The van der Waals surface area contributed by atoms with Crippen LogP contribution >= 0.6 is 0 Å². The van der Waals surface area contributed by atoms with Gasteiger partial charge in [0, 0.05) is 30.0 Å². The van der Waals surface area contributed by atoms with Gasteiger partial charge in [-0.1, -0.05) is 13.8 Å². The molecule has 0 unspecified atom stereocenters. The van der Waals surface area contributed by atoms with E-state index < -0.39 is 0 Å². The van der Waals surface area contributed by atoms with E-state index in [1.165, 1.54) is 0 Å². The van der Waals surface area contributed by atoms with Gasteiger partial charge in [0.15, 0.2) is 0 Å². The van der Waals surface area contributed by atoms with Crippen LogP contribution in [0.4, 0.5) is 11.4 Å². The Labute approximate surface area is 172 Å². The first kappa shape index (κ1) is 20.7. The van der Waals surface area contributed by atoms with E-state index in [1.54, 1.807) is 12.1 Å². The molecule has 0 saturated carbocycles. The Morgan fingerprint density at radius 3 is 2.21 bits per heavy atom. The second kappa shape index (κ2) is 9.96. The summed E-state index contributed by atoms with van der Waals surface area (Å²) in [4.78, 5) is 26.4. The average molecular weight is 396 g/mol. The summed E-state index contributed by atoms with van der Waals surface area (Å²) in [6, 6.07) is 14.6. The zero-order chi connectivity index (χ0) is 20.6. The Balaban J connectivity index is 1.44. The molecule has 6 heteroatoms. The van der Waals surface area contributed by atoms with E-state index in [1.807, 2.05) is 41.3 Å². The van der Waals surface area contributed by atoms with Gasteiger partial charge in [-0.15, -0.1) is 0 Å². The first-order valence-corrected chi connectivity index (χ1v) is 10.2. The summed E-state index contributed by atoms with van der Waals surface area (Å²) in [7, 11) is 0. The van der Waals surface area contributed by atoms with Crippen molar-refractivity contribution in [3.63, 3.8) is 0 Å². The molecular formula is C23H29N3O3. The second-order valence-electron chi connectivity index (χ2n) is 7.71. The van der Waals surface area contributed by atoms with Crippen LogP contribution in [0.5, 0.6) is 5.75 Å². The molecule has 0 atom stereocenters. The van der Waals surface area contributed by atoms with Crippen molar-refractivity contribution in [2.75, 3.05) is 36.9 Å². The molecule has 6 nitrogen and oxygen atoms in total. The SMILES string of the molecule is CC(C)COc1ccc(NC(=O)CNc2ccc(C(=O)N3CCCC3)cc2)cc1. The van der Waals surface area contributed by atoms with E-state index in [-0.39, 0.29) is 18.4 Å². The van der Waals surface area contributed by atoms with E-state index in [0.29, 0.717) is 18.1 Å². The molecule has 2 N–H and O–H groups in total. The number of nitrogens with one attached hydrogen (secondary N) is 2. The van der Waals surface area contributed by atoms with Crippen molar-refractivity contribution in [3.05, 3.63) is 54.1 Å². The number of anilines is 2. The molecule has 154 valence electrons. The van der Waals surface area contributed by atoms with Crippen molar-refractivity contribution >= 4 is 23.2 Å². The van der Waals surface area contributed by atoms with Crippen LogP contribution in [0.2, 0.25) is 0 Å². The standard InChI is InChI=1S/C23H29N3O3/c1-17(2)16-29-21-11-9-20(10-12-21)25-22(27)15-24-19-7-5-18(6-8-19)23(28)26-13-3-4-14-26/h5-12,17,24H,3-4,13-16H2,1-2H3,(H,25,27). The third kappa shape index (κ3) is 6.24. The van der Waals surface area contributed by atoms with Crippen molar-refractivity contribution in [1.82, 2.24) is 4.90 Å². The quantitative estimate of drug-likeness (QED) is 0.709. The maximum absolute atomic E-state index is 12.4. The molecule has 3 rings (SSSR count). The van der Waals surface area contributed by atoms with Gasteiger partial charge in [-0.2, -0.15) is 0 Å². The minimum atomic E-state index is -0.141. The molecule has 0 aromatic heterocycles. The van der Waals surface area contributed by atoms with Gasteiger partial charge in [-0.3, -0.25) is 9.59 Å². The summed E-state index contributed by atoms with van der Waals surface area (Å²) in [5, 5.41) is 5.94. The minimum Gasteiger partial charge on any atom is -0.493 e. The summed E-state index contributed by atoms with van der Waals surface area (Å²) >= 11 is 0. The third-order valence-electron chi connectivity index (χ3n) is 4.70. The van der Waals surface area contributed by atoms with E-state index in [9.17, 15) is 9.59 Å². The summed E-state index contributed by atoms with van der Waals surface area (Å²) in [6.45, 7) is 6.68. The molecule has 1 aliphatic rings. The van der Waals surface area contributed by atoms with Crippen molar-refractivity contribution < 1.29 is 14.3 Å². The van der Waals surface area contributed by atoms with Crippen molar-refractivity contribution in [1.29, 1.82) is 0 Å². The first-order valence-electron chi connectivity index (χ1n) is 10.2. The molecule has 1 aliphatic heterocycles. The van der Waals surface area contributed by atoms with Gasteiger partial charge >= 0.3 is 0 Å². The average Bonchev–Trinajstić information content (AvgIpc) is 3.26. The summed E-state index contributed by atoms with van der Waals surface area (Å²) < 4.78 is 5.64. The highest BCUT2D eigenvalue weighted by molar-refractivity contribution is 5.95. The number of nitrogens with zero attached hydrogens (tertiary/aromatic N) is 1. The number of rotatable bonds is 8. The monoisotopic (exact) mass is 395 g/mol. The Morgan fingerprint density at radius 1 is 0.966 bits per heavy atom. The molecule has 0 aliphatic carbocycles. The molecule has 1 fully saturated rings. The lowest BCUT2D eigenvalue weighted by atomic mass is 10.2. The number of ether oxygens (including phenoxy) is 1. The number of hydrogen-bond donors (Lipinski definition) is 2. The predicted molar refractivity (Wildman–Crippen MR) is 115 cm³/mol. The zero-order valence-corrected chi connectivity index (χ0v) is 17.1. The van der Waals surface area contributed by atoms with Crippen LogP contribution in [-0.2, 0) is 4.79 Å². The van der Waals surface area contributed by atoms with Gasteiger partial charge in [0.1, 0.15) is 5.75 Å². The lowest BCUT2D eigenvalue weighted by Gasteiger charge is -2.15. The molecule has 0 bridgehead atoms. The topological polar surface area (TPSA) is 70.7 Å². The fourth-order valence-corrected chi connectivity index (χ4v) is 3.12. The molecule has 2 aromatic rings. The molecular weight excluding hydrogens is 366 g/mol. The van der Waals surface area contributed by atoms with Crippen molar-refractivity contribution in [2.45, 2.75) is 26.7 Å². The van der Waals surface area contributed by atoms with Crippen LogP contribution in [0.25, 0.3) is 0 Å². The van der Waals surface area contributed by atoms with Crippen LogP contribution in [0, 0.1) is 5.92 Å². The van der Waals surface area contributed by atoms with E-state index >= 15 is 0 Å². The Bertz CT molecular complexity index is 810. The highest BCUT2D eigenvalue weighted by Crippen LogP contribution is 2.17. The Morgan fingerprint density at radius 2 is 1.59 bits per heavy atom. The highest BCUT2D eigenvalue weighted by Gasteiger charge is 2.19. The summed E-state index contributed by atoms with van der Waals surface area (Å²) in [5.41, 5.74) is 2.21. The van der Waals surface area contributed by atoms with Crippen LogP contribution in [0.15, 0.2) is 48.5 Å². The van der Waals surface area contributed by atoms with E-state index in [2.05, 4.69) is 24.5 Å². The highest BCUT2D eigenvalue weighted by atomic mass is 16.5. The molecule has 0 spiro atoms. The lowest BCUT2D eigenvalue weighted by Crippen LogP contribution is -2.27. The maximum Gasteiger partial charge on any atom is 0.253 e. The number of carbonyl (C=O) groups excluding carboxylic acids is 2. The van der Waals surface area contributed by atoms with Crippen LogP contribution in [0.1, 0.15) is 37.0 Å². The minimum absolute atomic E-state index is 0.0765. The molecule has 1 saturated heterocycles. The Hall–Kier alpha value is -3.02. The third-order valence-corrected chi connectivity index (χ3v) is 4.70. The molecule has 0 radical (unpaired) electrons.